The summed E-state index contributed by atoms with van der Waals surface area (Å²) in [5.41, 5.74) is 0.427. The highest BCUT2D eigenvalue weighted by atomic mass is 35.5. The van der Waals surface area contributed by atoms with Crippen molar-refractivity contribution in [3.05, 3.63) is 41.7 Å². The number of para-hydroxylation sites is 1. The second-order valence-electron chi connectivity index (χ2n) is 3.08. The molecule has 0 fully saturated rings. The Balaban J connectivity index is 2.63. The average Bonchev–Trinajstić information content (AvgIpc) is 2.60. The Bertz CT molecular complexity index is 481. The number of aryl methyl sites for hydroxylation is 1. The molecule has 0 amide bonds. The van der Waals surface area contributed by atoms with Crippen LogP contribution in [0.25, 0.3) is 5.69 Å². The molecule has 1 aromatic heterocycles. The number of hydrogen-bond donors (Lipinski definition) is 0. The van der Waals surface area contributed by atoms with Crippen LogP contribution in [-0.4, -0.2) is 14.8 Å². The Morgan fingerprint density at radius 1 is 1.33 bits per heavy atom. The lowest BCUT2D eigenvalue weighted by Gasteiger charge is -2.07. The quantitative estimate of drug-likeness (QED) is 0.735. The predicted octanol–water partition coefficient (Wildman–Crippen LogP) is 2.45. The normalized spacial score (nSPS) is 10.6. The van der Waals surface area contributed by atoms with Crippen LogP contribution in [-0.2, 0) is 5.88 Å². The van der Waals surface area contributed by atoms with Crippen molar-refractivity contribution in [2.75, 3.05) is 0 Å². The number of rotatable bonds is 2. The monoisotopic (exact) mass is 225 g/mol. The van der Waals surface area contributed by atoms with E-state index < -0.39 is 0 Å². The number of benzene rings is 1. The minimum absolute atomic E-state index is 0.204. The molecule has 3 nitrogen and oxygen atoms in total. The van der Waals surface area contributed by atoms with Gasteiger partial charge in [0.2, 0.25) is 0 Å². The first-order chi connectivity index (χ1) is 7.24. The smallest absolute Gasteiger partial charge is 0.152 e. The Morgan fingerprint density at radius 3 is 2.73 bits per heavy atom. The van der Waals surface area contributed by atoms with Gasteiger partial charge in [-0.2, -0.15) is 0 Å². The van der Waals surface area contributed by atoms with Crippen molar-refractivity contribution >= 4 is 11.6 Å². The SMILES string of the molecule is Cc1nnc(CCl)n1-c1ccccc1F. The van der Waals surface area contributed by atoms with E-state index in [1.807, 2.05) is 0 Å². The molecular formula is C10H9ClFN3. The third-order valence-electron chi connectivity index (χ3n) is 2.10. The molecule has 15 heavy (non-hydrogen) atoms. The maximum atomic E-state index is 13.5. The average molecular weight is 226 g/mol. The summed E-state index contributed by atoms with van der Waals surface area (Å²) in [4.78, 5) is 0. The molecule has 0 radical (unpaired) electrons. The van der Waals surface area contributed by atoms with Gasteiger partial charge in [0.15, 0.2) is 5.82 Å². The minimum atomic E-state index is -0.313. The zero-order valence-electron chi connectivity index (χ0n) is 8.11. The second-order valence-corrected chi connectivity index (χ2v) is 3.35. The fraction of sp³-hybridized carbons (Fsp3) is 0.200. The molecule has 0 aliphatic heterocycles. The van der Waals surface area contributed by atoms with Gasteiger partial charge in [-0.25, -0.2) is 4.39 Å². The molecule has 1 heterocycles. The lowest BCUT2D eigenvalue weighted by Crippen LogP contribution is -2.03. The molecule has 78 valence electrons. The summed E-state index contributed by atoms with van der Waals surface area (Å²) in [6.45, 7) is 1.76. The summed E-state index contributed by atoms with van der Waals surface area (Å²) in [5.74, 6) is 1.05. The van der Waals surface area contributed by atoms with Crippen molar-refractivity contribution in [3.63, 3.8) is 0 Å². The number of alkyl halides is 1. The summed E-state index contributed by atoms with van der Waals surface area (Å²) >= 11 is 5.70. The molecular weight excluding hydrogens is 217 g/mol. The Labute approximate surface area is 91.5 Å². The zero-order valence-corrected chi connectivity index (χ0v) is 8.87. The van der Waals surface area contributed by atoms with E-state index >= 15 is 0 Å². The molecule has 0 bridgehead atoms. The van der Waals surface area contributed by atoms with Crippen LogP contribution in [0.15, 0.2) is 24.3 Å². The van der Waals surface area contributed by atoms with Gasteiger partial charge in [0.05, 0.1) is 11.6 Å². The van der Waals surface area contributed by atoms with Gasteiger partial charge in [-0.1, -0.05) is 12.1 Å². The van der Waals surface area contributed by atoms with Crippen LogP contribution in [0, 0.1) is 12.7 Å². The van der Waals surface area contributed by atoms with E-state index in [4.69, 9.17) is 11.6 Å². The van der Waals surface area contributed by atoms with Gasteiger partial charge in [-0.15, -0.1) is 21.8 Å². The maximum Gasteiger partial charge on any atom is 0.152 e. The van der Waals surface area contributed by atoms with E-state index in [2.05, 4.69) is 10.2 Å². The van der Waals surface area contributed by atoms with Crippen molar-refractivity contribution < 1.29 is 4.39 Å². The van der Waals surface area contributed by atoms with Gasteiger partial charge in [0.25, 0.3) is 0 Å². The van der Waals surface area contributed by atoms with E-state index in [1.54, 1.807) is 29.7 Å². The first kappa shape index (κ1) is 10.1. The lowest BCUT2D eigenvalue weighted by atomic mass is 10.3. The van der Waals surface area contributed by atoms with Crippen molar-refractivity contribution in [2.45, 2.75) is 12.8 Å². The molecule has 0 saturated heterocycles. The minimum Gasteiger partial charge on any atom is -0.279 e. The fourth-order valence-corrected chi connectivity index (χ4v) is 1.61. The highest BCUT2D eigenvalue weighted by Gasteiger charge is 2.12. The van der Waals surface area contributed by atoms with Crippen LogP contribution in [0.4, 0.5) is 4.39 Å². The van der Waals surface area contributed by atoms with E-state index in [0.717, 1.165) is 0 Å². The molecule has 2 rings (SSSR count). The molecule has 0 N–H and O–H groups in total. The van der Waals surface area contributed by atoms with E-state index in [9.17, 15) is 4.39 Å². The lowest BCUT2D eigenvalue weighted by molar-refractivity contribution is 0.614. The van der Waals surface area contributed by atoms with E-state index in [1.165, 1.54) is 6.07 Å². The second kappa shape index (κ2) is 3.98. The number of nitrogens with zero attached hydrogens (tertiary/aromatic N) is 3. The third kappa shape index (κ3) is 1.72. The van der Waals surface area contributed by atoms with Gasteiger partial charge in [-0.3, -0.25) is 4.57 Å². The summed E-state index contributed by atoms with van der Waals surface area (Å²) in [6, 6.07) is 6.46. The van der Waals surface area contributed by atoms with Crippen molar-refractivity contribution in [1.82, 2.24) is 14.8 Å². The van der Waals surface area contributed by atoms with Crippen molar-refractivity contribution in [2.24, 2.45) is 0 Å². The first-order valence-electron chi connectivity index (χ1n) is 4.46. The summed E-state index contributed by atoms with van der Waals surface area (Å²) in [7, 11) is 0. The van der Waals surface area contributed by atoms with Crippen LogP contribution in [0.2, 0.25) is 0 Å². The van der Waals surface area contributed by atoms with E-state index in [-0.39, 0.29) is 11.7 Å². The zero-order chi connectivity index (χ0) is 10.8. The number of hydrogen-bond acceptors (Lipinski definition) is 2. The predicted molar refractivity (Wildman–Crippen MR) is 55.6 cm³/mol. The molecule has 2 aromatic rings. The Morgan fingerprint density at radius 2 is 2.07 bits per heavy atom. The molecule has 0 aliphatic carbocycles. The third-order valence-corrected chi connectivity index (χ3v) is 2.34. The highest BCUT2D eigenvalue weighted by molar-refractivity contribution is 6.16. The van der Waals surface area contributed by atoms with Crippen LogP contribution < -0.4 is 0 Å². The van der Waals surface area contributed by atoms with Crippen LogP contribution in [0.5, 0.6) is 0 Å². The Hall–Kier alpha value is -1.42. The largest absolute Gasteiger partial charge is 0.279 e. The molecule has 5 heteroatoms. The summed E-state index contributed by atoms with van der Waals surface area (Å²) in [5, 5.41) is 7.73. The molecule has 0 unspecified atom stereocenters. The number of aromatic nitrogens is 3. The maximum absolute atomic E-state index is 13.5. The molecule has 0 atom stereocenters. The van der Waals surface area contributed by atoms with Crippen molar-refractivity contribution in [3.8, 4) is 5.69 Å². The van der Waals surface area contributed by atoms with Crippen LogP contribution in [0.3, 0.4) is 0 Å². The summed E-state index contributed by atoms with van der Waals surface area (Å²) < 4.78 is 15.1. The van der Waals surface area contributed by atoms with Crippen LogP contribution >= 0.6 is 11.6 Å². The van der Waals surface area contributed by atoms with Crippen molar-refractivity contribution in [1.29, 1.82) is 0 Å². The van der Waals surface area contributed by atoms with Gasteiger partial charge in [-0.05, 0) is 19.1 Å². The molecule has 0 aliphatic rings. The molecule has 0 spiro atoms. The number of halogens is 2. The van der Waals surface area contributed by atoms with Crippen LogP contribution in [0.1, 0.15) is 11.6 Å². The van der Waals surface area contributed by atoms with E-state index in [0.29, 0.717) is 17.3 Å². The Kier molecular flexibility index (Phi) is 2.68. The fourth-order valence-electron chi connectivity index (χ4n) is 1.44. The van der Waals surface area contributed by atoms with Gasteiger partial charge < -0.3 is 0 Å². The topological polar surface area (TPSA) is 30.7 Å². The van der Waals surface area contributed by atoms with Gasteiger partial charge >= 0.3 is 0 Å². The van der Waals surface area contributed by atoms with Gasteiger partial charge in [0, 0.05) is 0 Å². The standard InChI is InChI=1S/C10H9ClFN3/c1-7-13-14-10(6-11)15(7)9-5-3-2-4-8(9)12/h2-5H,6H2,1H3. The summed E-state index contributed by atoms with van der Waals surface area (Å²) in [6.07, 6.45) is 0. The highest BCUT2D eigenvalue weighted by Crippen LogP contribution is 2.17. The first-order valence-corrected chi connectivity index (χ1v) is 4.99. The molecule has 0 saturated carbocycles. The van der Waals surface area contributed by atoms with Gasteiger partial charge in [0.1, 0.15) is 11.6 Å². The molecule has 1 aromatic carbocycles.